The van der Waals surface area contributed by atoms with Gasteiger partial charge in [-0.05, 0) is 46.7 Å². The van der Waals surface area contributed by atoms with E-state index in [9.17, 15) is 9.59 Å². The van der Waals surface area contributed by atoms with Crippen LogP contribution in [0.25, 0.3) is 37.0 Å². The number of benzene rings is 3. The first-order chi connectivity index (χ1) is 11.2. The minimum Gasteiger partial charge on any atom is -0.286 e. The fourth-order valence-electron chi connectivity index (χ4n) is 3.40. The van der Waals surface area contributed by atoms with Gasteiger partial charge in [0.1, 0.15) is 0 Å². The van der Waals surface area contributed by atoms with Gasteiger partial charge in [0.2, 0.25) is 11.6 Å². The Kier molecular flexibility index (Phi) is 2.42. The van der Waals surface area contributed by atoms with Crippen molar-refractivity contribution in [3.63, 3.8) is 0 Å². The van der Waals surface area contributed by atoms with E-state index in [0.717, 1.165) is 16.3 Å². The Bertz CT molecular complexity index is 1190. The average molecular weight is 314 g/mol. The molecule has 1 aromatic heterocycles. The lowest BCUT2D eigenvalue weighted by atomic mass is 9.89. The third kappa shape index (κ3) is 1.63. The van der Waals surface area contributed by atoms with E-state index in [2.05, 4.69) is 24.3 Å². The molecule has 0 radical (unpaired) electrons. The number of rotatable bonds is 0. The topological polar surface area (TPSA) is 34.1 Å². The van der Waals surface area contributed by atoms with E-state index >= 15 is 0 Å². The second-order valence-electron chi connectivity index (χ2n) is 5.69. The standard InChI is InChI=1S/C20H10O2S/c21-15-9-8-12-13(20(15)22)7-5-11-6-10-17-19(18(11)12)14-3-1-2-4-16(14)23-17/h1-10H. The van der Waals surface area contributed by atoms with Crippen molar-refractivity contribution in [1.82, 2.24) is 0 Å². The first-order valence-electron chi connectivity index (χ1n) is 7.38. The lowest BCUT2D eigenvalue weighted by Crippen LogP contribution is -2.16. The van der Waals surface area contributed by atoms with Crippen molar-refractivity contribution in [1.29, 1.82) is 0 Å². The van der Waals surface area contributed by atoms with Gasteiger partial charge in [-0.1, -0.05) is 30.3 Å². The molecule has 0 atom stereocenters. The molecule has 0 saturated heterocycles. The molecule has 3 heteroatoms. The molecule has 1 aliphatic rings. The van der Waals surface area contributed by atoms with Crippen molar-refractivity contribution >= 4 is 59.9 Å². The van der Waals surface area contributed by atoms with Crippen LogP contribution in [0.4, 0.5) is 0 Å². The predicted molar refractivity (Wildman–Crippen MR) is 95.2 cm³/mol. The SMILES string of the molecule is O=C1C=Cc2c(ccc3ccc4sc5ccccc5c4c23)C1=O. The molecule has 4 aromatic rings. The maximum Gasteiger partial charge on any atom is 0.233 e. The van der Waals surface area contributed by atoms with Gasteiger partial charge in [0, 0.05) is 25.7 Å². The molecule has 1 heterocycles. The van der Waals surface area contributed by atoms with Crippen molar-refractivity contribution in [2.24, 2.45) is 0 Å². The number of hydrogen-bond acceptors (Lipinski definition) is 3. The quantitative estimate of drug-likeness (QED) is 0.429. The zero-order valence-electron chi connectivity index (χ0n) is 12.0. The number of carbonyl (C=O) groups is 2. The van der Waals surface area contributed by atoms with Crippen LogP contribution in [-0.2, 0) is 4.79 Å². The van der Waals surface area contributed by atoms with E-state index in [1.165, 1.54) is 26.2 Å². The smallest absolute Gasteiger partial charge is 0.233 e. The summed E-state index contributed by atoms with van der Waals surface area (Å²) in [4.78, 5) is 23.9. The number of Topliss-reactive ketones (excluding diaryl/α,β-unsaturated/α-hetero) is 1. The molecule has 108 valence electrons. The van der Waals surface area contributed by atoms with Gasteiger partial charge in [-0.15, -0.1) is 11.3 Å². The zero-order chi connectivity index (χ0) is 15.6. The van der Waals surface area contributed by atoms with Gasteiger partial charge >= 0.3 is 0 Å². The highest BCUT2D eigenvalue weighted by atomic mass is 32.1. The fraction of sp³-hybridized carbons (Fsp3) is 0. The molecular formula is C20H10O2S. The molecule has 2 nitrogen and oxygen atoms in total. The Labute approximate surface area is 135 Å². The van der Waals surface area contributed by atoms with Crippen molar-refractivity contribution in [3.8, 4) is 0 Å². The maximum atomic E-state index is 12.2. The molecule has 0 aliphatic heterocycles. The van der Waals surface area contributed by atoms with Crippen LogP contribution in [0, 0.1) is 0 Å². The van der Waals surface area contributed by atoms with Crippen LogP contribution in [0.5, 0.6) is 0 Å². The molecule has 0 unspecified atom stereocenters. The first kappa shape index (κ1) is 12.7. The average Bonchev–Trinajstić information content (AvgIpc) is 2.96. The number of fused-ring (bicyclic) bond motifs is 7. The Balaban J connectivity index is 2.08. The number of carbonyl (C=O) groups excluding carboxylic acids is 2. The van der Waals surface area contributed by atoms with Gasteiger partial charge in [0.05, 0.1) is 0 Å². The first-order valence-corrected chi connectivity index (χ1v) is 8.19. The fourth-order valence-corrected chi connectivity index (χ4v) is 4.51. The van der Waals surface area contributed by atoms with Crippen molar-refractivity contribution in [2.45, 2.75) is 0 Å². The Hall–Kier alpha value is -2.78. The monoisotopic (exact) mass is 314 g/mol. The molecule has 1 aliphatic carbocycles. The highest BCUT2D eigenvalue weighted by molar-refractivity contribution is 7.26. The largest absolute Gasteiger partial charge is 0.286 e. The molecule has 23 heavy (non-hydrogen) atoms. The third-order valence-electron chi connectivity index (χ3n) is 4.43. The van der Waals surface area contributed by atoms with Crippen LogP contribution in [0.1, 0.15) is 15.9 Å². The highest BCUT2D eigenvalue weighted by Crippen LogP contribution is 2.41. The van der Waals surface area contributed by atoms with E-state index in [-0.39, 0.29) is 0 Å². The lowest BCUT2D eigenvalue weighted by molar-refractivity contribution is -0.110. The number of allylic oxidation sites excluding steroid dienone is 1. The molecule has 0 amide bonds. The molecule has 3 aromatic carbocycles. The van der Waals surface area contributed by atoms with Crippen molar-refractivity contribution in [2.75, 3.05) is 0 Å². The Morgan fingerprint density at radius 1 is 0.739 bits per heavy atom. The lowest BCUT2D eigenvalue weighted by Gasteiger charge is -2.13. The highest BCUT2D eigenvalue weighted by Gasteiger charge is 2.23. The Morgan fingerprint density at radius 2 is 1.57 bits per heavy atom. The normalized spacial score (nSPS) is 14.1. The van der Waals surface area contributed by atoms with Crippen LogP contribution in [-0.4, -0.2) is 11.6 Å². The summed E-state index contributed by atoms with van der Waals surface area (Å²) in [6.07, 6.45) is 3.17. The summed E-state index contributed by atoms with van der Waals surface area (Å²) in [7, 11) is 0. The van der Waals surface area contributed by atoms with E-state index in [0.29, 0.717) is 5.56 Å². The maximum absolute atomic E-state index is 12.2. The molecule has 0 saturated carbocycles. The molecule has 0 fully saturated rings. The van der Waals surface area contributed by atoms with Gasteiger partial charge in [-0.25, -0.2) is 0 Å². The van der Waals surface area contributed by atoms with Gasteiger partial charge in [-0.2, -0.15) is 0 Å². The summed E-state index contributed by atoms with van der Waals surface area (Å²) in [5.74, 6) is -0.861. The summed E-state index contributed by atoms with van der Waals surface area (Å²) >= 11 is 1.75. The van der Waals surface area contributed by atoms with E-state index in [4.69, 9.17) is 0 Å². The summed E-state index contributed by atoms with van der Waals surface area (Å²) < 4.78 is 2.43. The molecular weight excluding hydrogens is 304 g/mol. The number of thiophene rings is 1. The molecule has 0 spiro atoms. The van der Waals surface area contributed by atoms with E-state index in [1.807, 2.05) is 18.2 Å². The van der Waals surface area contributed by atoms with Gasteiger partial charge in [-0.3, -0.25) is 9.59 Å². The van der Waals surface area contributed by atoms with Crippen LogP contribution >= 0.6 is 11.3 Å². The predicted octanol–water partition coefficient (Wildman–Crippen LogP) is 4.99. The second-order valence-corrected chi connectivity index (χ2v) is 6.77. The van der Waals surface area contributed by atoms with Crippen molar-refractivity contribution < 1.29 is 9.59 Å². The third-order valence-corrected chi connectivity index (χ3v) is 5.57. The van der Waals surface area contributed by atoms with Crippen LogP contribution in [0.3, 0.4) is 0 Å². The summed E-state index contributed by atoms with van der Waals surface area (Å²) in [5.41, 5.74) is 1.37. The number of hydrogen-bond donors (Lipinski definition) is 0. The zero-order valence-corrected chi connectivity index (χ0v) is 12.8. The summed E-state index contributed by atoms with van der Waals surface area (Å²) in [5, 5.41) is 4.53. The van der Waals surface area contributed by atoms with Gasteiger partial charge in [0.15, 0.2) is 0 Å². The van der Waals surface area contributed by atoms with Gasteiger partial charge < -0.3 is 0 Å². The van der Waals surface area contributed by atoms with Crippen LogP contribution in [0.15, 0.2) is 54.6 Å². The summed E-state index contributed by atoms with van der Waals surface area (Å²) in [6, 6.07) is 16.2. The molecule has 0 N–H and O–H groups in total. The minimum atomic E-state index is -0.445. The number of ketones is 2. The van der Waals surface area contributed by atoms with Crippen LogP contribution < -0.4 is 0 Å². The van der Waals surface area contributed by atoms with Crippen molar-refractivity contribution in [3.05, 3.63) is 65.7 Å². The van der Waals surface area contributed by atoms with Crippen LogP contribution in [0.2, 0.25) is 0 Å². The van der Waals surface area contributed by atoms with E-state index in [1.54, 1.807) is 23.5 Å². The second kappa shape index (κ2) is 4.37. The minimum absolute atomic E-state index is 0.416. The molecule has 5 rings (SSSR count). The summed E-state index contributed by atoms with van der Waals surface area (Å²) in [6.45, 7) is 0. The van der Waals surface area contributed by atoms with E-state index < -0.39 is 11.6 Å². The Morgan fingerprint density at radius 3 is 2.48 bits per heavy atom. The van der Waals surface area contributed by atoms with Gasteiger partial charge in [0.25, 0.3) is 0 Å². The molecule has 0 bridgehead atoms.